The molecule has 0 bridgehead atoms. The average molecular weight is 267 g/mol. The quantitative estimate of drug-likeness (QED) is 0.797. The summed E-state index contributed by atoms with van der Waals surface area (Å²) < 4.78 is 0. The molecule has 112 valence electrons. The van der Waals surface area contributed by atoms with Crippen LogP contribution in [-0.4, -0.2) is 54.1 Å². The van der Waals surface area contributed by atoms with Gasteiger partial charge in [0.2, 0.25) is 0 Å². The lowest BCUT2D eigenvalue weighted by molar-refractivity contribution is -0.0299. The molecule has 0 aromatic carbocycles. The SMILES string of the molecule is CN1CC(CCN)N(C2CCCCCC2)CC1(C)C. The zero-order valence-electron chi connectivity index (χ0n) is 13.2. The third-order valence-corrected chi connectivity index (χ3v) is 5.35. The smallest absolute Gasteiger partial charge is 0.0278 e. The van der Waals surface area contributed by atoms with Gasteiger partial charge in [0.1, 0.15) is 0 Å². The van der Waals surface area contributed by atoms with Crippen molar-refractivity contribution in [2.24, 2.45) is 5.73 Å². The molecular weight excluding hydrogens is 234 g/mol. The molecule has 0 amide bonds. The second-order valence-electron chi connectivity index (χ2n) is 7.24. The molecule has 2 fully saturated rings. The highest BCUT2D eigenvalue weighted by molar-refractivity contribution is 4.96. The molecule has 19 heavy (non-hydrogen) atoms. The molecule has 0 radical (unpaired) electrons. The van der Waals surface area contributed by atoms with Gasteiger partial charge in [-0.3, -0.25) is 9.80 Å². The third-order valence-electron chi connectivity index (χ3n) is 5.35. The Kier molecular flexibility index (Phi) is 5.27. The van der Waals surface area contributed by atoms with Crippen molar-refractivity contribution >= 4 is 0 Å². The lowest BCUT2D eigenvalue weighted by atomic mass is 9.91. The number of nitrogens with two attached hydrogens (primary N) is 1. The highest BCUT2D eigenvalue weighted by Gasteiger charge is 2.39. The summed E-state index contributed by atoms with van der Waals surface area (Å²) in [5.74, 6) is 0. The standard InChI is InChI=1S/C16H33N3/c1-16(2)13-19(14-8-6-4-5-7-9-14)15(10-11-17)12-18(16)3/h14-15H,4-13,17H2,1-3H3. The predicted molar refractivity (Wildman–Crippen MR) is 82.4 cm³/mol. The van der Waals surface area contributed by atoms with E-state index in [1.807, 2.05) is 0 Å². The molecule has 1 heterocycles. The number of likely N-dealkylation sites (N-methyl/N-ethyl adjacent to an activating group) is 1. The van der Waals surface area contributed by atoms with E-state index in [-0.39, 0.29) is 0 Å². The summed E-state index contributed by atoms with van der Waals surface area (Å²) in [5, 5.41) is 0. The van der Waals surface area contributed by atoms with E-state index in [4.69, 9.17) is 5.73 Å². The van der Waals surface area contributed by atoms with Crippen molar-refractivity contribution in [3.63, 3.8) is 0 Å². The fraction of sp³-hybridized carbons (Fsp3) is 1.00. The highest BCUT2D eigenvalue weighted by Crippen LogP contribution is 2.31. The van der Waals surface area contributed by atoms with E-state index >= 15 is 0 Å². The average Bonchev–Trinajstić information content (AvgIpc) is 2.63. The van der Waals surface area contributed by atoms with Crippen LogP contribution in [0.25, 0.3) is 0 Å². The van der Waals surface area contributed by atoms with Gasteiger partial charge in [-0.1, -0.05) is 25.7 Å². The number of hydrogen-bond donors (Lipinski definition) is 1. The molecular formula is C16H33N3. The van der Waals surface area contributed by atoms with Crippen molar-refractivity contribution in [2.75, 3.05) is 26.7 Å². The summed E-state index contributed by atoms with van der Waals surface area (Å²) in [6.07, 6.45) is 9.68. The summed E-state index contributed by atoms with van der Waals surface area (Å²) in [4.78, 5) is 5.35. The van der Waals surface area contributed by atoms with Crippen LogP contribution in [0.5, 0.6) is 0 Å². The molecule has 1 aliphatic carbocycles. The number of nitrogens with zero attached hydrogens (tertiary/aromatic N) is 2. The Morgan fingerprint density at radius 3 is 2.32 bits per heavy atom. The Morgan fingerprint density at radius 2 is 1.74 bits per heavy atom. The lowest BCUT2D eigenvalue weighted by Crippen LogP contribution is -2.64. The van der Waals surface area contributed by atoms with Crippen molar-refractivity contribution in [3.05, 3.63) is 0 Å². The number of hydrogen-bond acceptors (Lipinski definition) is 3. The zero-order chi connectivity index (χ0) is 13.9. The predicted octanol–water partition coefficient (Wildman–Crippen LogP) is 2.45. The van der Waals surface area contributed by atoms with Crippen molar-refractivity contribution in [1.29, 1.82) is 0 Å². The van der Waals surface area contributed by atoms with E-state index in [2.05, 4.69) is 30.7 Å². The largest absolute Gasteiger partial charge is 0.330 e. The van der Waals surface area contributed by atoms with Crippen molar-refractivity contribution in [2.45, 2.75) is 76.4 Å². The first-order valence-electron chi connectivity index (χ1n) is 8.21. The van der Waals surface area contributed by atoms with Crippen LogP contribution in [0, 0.1) is 0 Å². The Bertz CT molecular complexity index is 267. The van der Waals surface area contributed by atoms with Crippen LogP contribution in [0.1, 0.15) is 58.8 Å². The summed E-state index contributed by atoms with van der Waals surface area (Å²) in [5.41, 5.74) is 6.15. The molecule has 2 N–H and O–H groups in total. The van der Waals surface area contributed by atoms with Crippen molar-refractivity contribution < 1.29 is 0 Å². The maximum absolute atomic E-state index is 5.85. The van der Waals surface area contributed by atoms with Gasteiger partial charge in [0, 0.05) is 30.7 Å². The molecule has 2 aliphatic rings. The van der Waals surface area contributed by atoms with E-state index in [9.17, 15) is 0 Å². The summed E-state index contributed by atoms with van der Waals surface area (Å²) in [7, 11) is 2.27. The fourth-order valence-electron chi connectivity index (χ4n) is 3.83. The van der Waals surface area contributed by atoms with Gasteiger partial charge in [0.05, 0.1) is 0 Å². The van der Waals surface area contributed by atoms with Gasteiger partial charge in [-0.25, -0.2) is 0 Å². The van der Waals surface area contributed by atoms with E-state index in [0.29, 0.717) is 11.6 Å². The van der Waals surface area contributed by atoms with Gasteiger partial charge in [-0.05, 0) is 46.7 Å². The van der Waals surface area contributed by atoms with Crippen LogP contribution in [0.4, 0.5) is 0 Å². The van der Waals surface area contributed by atoms with Gasteiger partial charge >= 0.3 is 0 Å². The van der Waals surface area contributed by atoms with Crippen LogP contribution in [0.2, 0.25) is 0 Å². The molecule has 1 saturated heterocycles. The Hall–Kier alpha value is -0.120. The normalized spacial score (nSPS) is 31.3. The van der Waals surface area contributed by atoms with Crippen LogP contribution in [-0.2, 0) is 0 Å². The van der Waals surface area contributed by atoms with Gasteiger partial charge in [0.15, 0.2) is 0 Å². The van der Waals surface area contributed by atoms with Gasteiger partial charge in [-0.2, -0.15) is 0 Å². The minimum absolute atomic E-state index is 0.303. The molecule has 3 heteroatoms. The fourth-order valence-corrected chi connectivity index (χ4v) is 3.83. The minimum atomic E-state index is 0.303. The molecule has 3 nitrogen and oxygen atoms in total. The van der Waals surface area contributed by atoms with Gasteiger partial charge in [0.25, 0.3) is 0 Å². The second-order valence-corrected chi connectivity index (χ2v) is 7.24. The minimum Gasteiger partial charge on any atom is -0.330 e. The molecule has 0 aromatic heterocycles. The van der Waals surface area contributed by atoms with E-state index in [1.165, 1.54) is 51.6 Å². The zero-order valence-corrected chi connectivity index (χ0v) is 13.2. The maximum atomic E-state index is 5.85. The number of rotatable bonds is 3. The van der Waals surface area contributed by atoms with E-state index in [1.54, 1.807) is 0 Å². The molecule has 1 atom stereocenters. The molecule has 1 unspecified atom stereocenters. The Labute approximate surface area is 119 Å². The third kappa shape index (κ3) is 3.71. The monoisotopic (exact) mass is 267 g/mol. The number of piperazine rings is 1. The maximum Gasteiger partial charge on any atom is 0.0278 e. The molecule has 0 spiro atoms. The van der Waals surface area contributed by atoms with Crippen LogP contribution in [0.3, 0.4) is 0 Å². The van der Waals surface area contributed by atoms with Crippen LogP contribution in [0.15, 0.2) is 0 Å². The van der Waals surface area contributed by atoms with Gasteiger partial charge < -0.3 is 5.73 Å². The van der Waals surface area contributed by atoms with E-state index in [0.717, 1.165) is 19.0 Å². The second kappa shape index (κ2) is 6.55. The summed E-state index contributed by atoms with van der Waals surface area (Å²) >= 11 is 0. The van der Waals surface area contributed by atoms with Crippen molar-refractivity contribution in [1.82, 2.24) is 9.80 Å². The first-order chi connectivity index (χ1) is 9.04. The molecule has 1 aliphatic heterocycles. The summed E-state index contributed by atoms with van der Waals surface area (Å²) in [6.45, 7) is 7.98. The lowest BCUT2D eigenvalue weighted by Gasteiger charge is -2.52. The topological polar surface area (TPSA) is 32.5 Å². The van der Waals surface area contributed by atoms with Gasteiger partial charge in [-0.15, -0.1) is 0 Å². The first-order valence-corrected chi connectivity index (χ1v) is 8.21. The Morgan fingerprint density at radius 1 is 1.11 bits per heavy atom. The van der Waals surface area contributed by atoms with E-state index < -0.39 is 0 Å². The molecule has 0 aromatic rings. The summed E-state index contributed by atoms with van der Waals surface area (Å²) in [6, 6.07) is 1.48. The molecule has 2 rings (SSSR count). The van der Waals surface area contributed by atoms with Crippen LogP contribution < -0.4 is 5.73 Å². The van der Waals surface area contributed by atoms with Crippen molar-refractivity contribution in [3.8, 4) is 0 Å². The first kappa shape index (κ1) is 15.3. The highest BCUT2D eigenvalue weighted by atomic mass is 15.3. The Balaban J connectivity index is 2.08. The molecule has 1 saturated carbocycles. The van der Waals surface area contributed by atoms with Crippen LogP contribution >= 0.6 is 0 Å².